The van der Waals surface area contributed by atoms with Crippen molar-refractivity contribution in [2.24, 2.45) is 0 Å². The van der Waals surface area contributed by atoms with Crippen molar-refractivity contribution in [3.63, 3.8) is 0 Å². The molecule has 2 aliphatic rings. The number of ether oxygens (including phenoxy) is 1. The summed E-state index contributed by atoms with van der Waals surface area (Å²) in [5, 5.41) is 2.40. The molecule has 1 aromatic heterocycles. The zero-order valence-electron chi connectivity index (χ0n) is 13.3. The molecular formula is C16H19F2N3O3. The molecule has 0 spiro atoms. The molecule has 130 valence electrons. The van der Waals surface area contributed by atoms with E-state index in [1.807, 2.05) is 6.07 Å². The molecule has 3 rings (SSSR count). The predicted octanol–water partition coefficient (Wildman–Crippen LogP) is 1.78. The Kier molecular flexibility index (Phi) is 4.49. The van der Waals surface area contributed by atoms with Crippen LogP contribution in [0.1, 0.15) is 31.2 Å². The normalized spacial score (nSPS) is 25.7. The number of hydrogen-bond acceptors (Lipinski definition) is 4. The average molecular weight is 339 g/mol. The first-order valence-electron chi connectivity index (χ1n) is 7.89. The standard InChI is InChI=1S/C16H19F2N3O3/c1-10-7-16(17,18)9-21(10)15(23)14(22)20-13-6-11(2-4-19-13)12-3-5-24-8-12/h2,4,6,10,12H,3,5,7-9H2,1H3,(H,19,20,22). The number of anilines is 1. The molecule has 1 N–H and O–H groups in total. The van der Waals surface area contributed by atoms with E-state index in [4.69, 9.17) is 4.74 Å². The zero-order chi connectivity index (χ0) is 17.3. The Morgan fingerprint density at radius 2 is 2.25 bits per heavy atom. The van der Waals surface area contributed by atoms with Gasteiger partial charge in [-0.15, -0.1) is 0 Å². The summed E-state index contributed by atoms with van der Waals surface area (Å²) in [7, 11) is 0. The van der Waals surface area contributed by atoms with Crippen LogP contribution in [-0.2, 0) is 14.3 Å². The van der Waals surface area contributed by atoms with Gasteiger partial charge in [0.05, 0.1) is 13.2 Å². The molecule has 0 aromatic carbocycles. The molecule has 8 heteroatoms. The maximum atomic E-state index is 13.4. The summed E-state index contributed by atoms with van der Waals surface area (Å²) in [6.07, 6.45) is 2.00. The molecule has 3 heterocycles. The Bertz CT molecular complexity index is 647. The second-order valence-electron chi connectivity index (χ2n) is 6.33. The van der Waals surface area contributed by atoms with Gasteiger partial charge >= 0.3 is 11.8 Å². The number of pyridine rings is 1. The van der Waals surface area contributed by atoms with Crippen LogP contribution in [0.4, 0.5) is 14.6 Å². The fraction of sp³-hybridized carbons (Fsp3) is 0.562. The van der Waals surface area contributed by atoms with Crippen molar-refractivity contribution >= 4 is 17.6 Å². The molecule has 0 aliphatic carbocycles. The fourth-order valence-electron chi connectivity index (χ4n) is 3.15. The van der Waals surface area contributed by atoms with E-state index in [1.165, 1.54) is 6.92 Å². The molecule has 0 bridgehead atoms. The van der Waals surface area contributed by atoms with E-state index in [0.29, 0.717) is 13.2 Å². The third-order valence-corrected chi connectivity index (χ3v) is 4.41. The summed E-state index contributed by atoms with van der Waals surface area (Å²) in [6, 6.07) is 2.85. The van der Waals surface area contributed by atoms with Crippen molar-refractivity contribution in [1.29, 1.82) is 0 Å². The van der Waals surface area contributed by atoms with Crippen molar-refractivity contribution < 1.29 is 23.1 Å². The fourth-order valence-corrected chi connectivity index (χ4v) is 3.15. The summed E-state index contributed by atoms with van der Waals surface area (Å²) >= 11 is 0. The Hall–Kier alpha value is -2.09. The molecule has 2 unspecified atom stereocenters. The molecule has 2 amide bonds. The molecule has 2 fully saturated rings. The number of nitrogens with zero attached hydrogens (tertiary/aromatic N) is 2. The Morgan fingerprint density at radius 1 is 1.46 bits per heavy atom. The lowest BCUT2D eigenvalue weighted by molar-refractivity contribution is -0.144. The number of nitrogens with one attached hydrogen (secondary N) is 1. The van der Waals surface area contributed by atoms with E-state index < -0.39 is 36.7 Å². The highest BCUT2D eigenvalue weighted by Gasteiger charge is 2.46. The lowest BCUT2D eigenvalue weighted by atomic mass is 10.00. The SMILES string of the molecule is CC1CC(F)(F)CN1C(=O)C(=O)Nc1cc(C2CCOC2)ccn1. The summed E-state index contributed by atoms with van der Waals surface area (Å²) in [5.74, 6) is -4.40. The van der Waals surface area contributed by atoms with Crippen molar-refractivity contribution in [3.05, 3.63) is 23.9 Å². The number of rotatable bonds is 2. The molecule has 24 heavy (non-hydrogen) atoms. The molecule has 2 atom stereocenters. The summed E-state index contributed by atoms with van der Waals surface area (Å²) in [5.41, 5.74) is 0.964. The number of aromatic nitrogens is 1. The quantitative estimate of drug-likeness (QED) is 0.834. The largest absolute Gasteiger partial charge is 0.381 e. The molecule has 2 saturated heterocycles. The molecule has 1 aromatic rings. The van der Waals surface area contributed by atoms with Crippen LogP contribution in [0.25, 0.3) is 0 Å². The highest BCUT2D eigenvalue weighted by molar-refractivity contribution is 6.39. The van der Waals surface area contributed by atoms with Crippen LogP contribution in [0.15, 0.2) is 18.3 Å². The van der Waals surface area contributed by atoms with Crippen molar-refractivity contribution in [2.75, 3.05) is 25.1 Å². The Labute approximate surface area is 138 Å². The molecule has 0 saturated carbocycles. The molecular weight excluding hydrogens is 320 g/mol. The topological polar surface area (TPSA) is 71.5 Å². The highest BCUT2D eigenvalue weighted by Crippen LogP contribution is 2.32. The zero-order valence-corrected chi connectivity index (χ0v) is 13.3. The number of carbonyl (C=O) groups excluding carboxylic acids is 2. The highest BCUT2D eigenvalue weighted by atomic mass is 19.3. The maximum Gasteiger partial charge on any atom is 0.315 e. The van der Waals surface area contributed by atoms with Gasteiger partial charge in [0, 0.05) is 31.2 Å². The first-order chi connectivity index (χ1) is 11.4. The van der Waals surface area contributed by atoms with Gasteiger partial charge in [0.25, 0.3) is 5.92 Å². The van der Waals surface area contributed by atoms with Crippen molar-refractivity contribution in [2.45, 2.75) is 37.6 Å². The third kappa shape index (κ3) is 3.53. The molecule has 6 nitrogen and oxygen atoms in total. The van der Waals surface area contributed by atoms with Crippen LogP contribution < -0.4 is 5.32 Å². The number of likely N-dealkylation sites (tertiary alicyclic amines) is 1. The van der Waals surface area contributed by atoms with Crippen LogP contribution >= 0.6 is 0 Å². The van der Waals surface area contributed by atoms with Gasteiger partial charge < -0.3 is 15.0 Å². The number of carbonyl (C=O) groups is 2. The van der Waals surface area contributed by atoms with Crippen LogP contribution in [0, 0.1) is 0 Å². The van der Waals surface area contributed by atoms with E-state index in [2.05, 4.69) is 10.3 Å². The smallest absolute Gasteiger partial charge is 0.315 e. The molecule has 0 radical (unpaired) electrons. The number of alkyl halides is 2. The van der Waals surface area contributed by atoms with Crippen molar-refractivity contribution in [3.8, 4) is 0 Å². The van der Waals surface area contributed by atoms with Gasteiger partial charge in [-0.25, -0.2) is 13.8 Å². The molecule has 2 aliphatic heterocycles. The number of hydrogen-bond donors (Lipinski definition) is 1. The van der Waals surface area contributed by atoms with Crippen LogP contribution in [-0.4, -0.2) is 53.4 Å². The van der Waals surface area contributed by atoms with Gasteiger partial charge in [-0.3, -0.25) is 9.59 Å². The van der Waals surface area contributed by atoms with E-state index in [-0.39, 0.29) is 11.7 Å². The average Bonchev–Trinajstić information content (AvgIpc) is 3.14. The minimum absolute atomic E-state index is 0.233. The Balaban J connectivity index is 1.66. The third-order valence-electron chi connectivity index (χ3n) is 4.41. The first kappa shape index (κ1) is 16.8. The van der Waals surface area contributed by atoms with Gasteiger partial charge in [0.2, 0.25) is 0 Å². The lowest BCUT2D eigenvalue weighted by Crippen LogP contribution is -2.42. The summed E-state index contributed by atoms with van der Waals surface area (Å²) in [6.45, 7) is 2.07. The maximum absolute atomic E-state index is 13.4. The summed E-state index contributed by atoms with van der Waals surface area (Å²) in [4.78, 5) is 29.1. The van der Waals surface area contributed by atoms with E-state index >= 15 is 0 Å². The minimum atomic E-state index is -2.95. The monoisotopic (exact) mass is 339 g/mol. The van der Waals surface area contributed by atoms with Crippen LogP contribution in [0.3, 0.4) is 0 Å². The summed E-state index contributed by atoms with van der Waals surface area (Å²) < 4.78 is 32.1. The number of amides is 2. The van der Waals surface area contributed by atoms with E-state index in [9.17, 15) is 18.4 Å². The van der Waals surface area contributed by atoms with Gasteiger partial charge in [-0.2, -0.15) is 0 Å². The van der Waals surface area contributed by atoms with Crippen LogP contribution in [0.2, 0.25) is 0 Å². The second-order valence-corrected chi connectivity index (χ2v) is 6.33. The van der Waals surface area contributed by atoms with Gasteiger partial charge in [-0.1, -0.05) is 0 Å². The van der Waals surface area contributed by atoms with Gasteiger partial charge in [-0.05, 0) is 31.0 Å². The first-order valence-corrected chi connectivity index (χ1v) is 7.89. The predicted molar refractivity (Wildman–Crippen MR) is 81.8 cm³/mol. The van der Waals surface area contributed by atoms with E-state index in [1.54, 1.807) is 12.3 Å². The lowest BCUT2D eigenvalue weighted by Gasteiger charge is -2.20. The van der Waals surface area contributed by atoms with Gasteiger partial charge in [0.1, 0.15) is 5.82 Å². The Morgan fingerprint density at radius 3 is 2.88 bits per heavy atom. The second kappa shape index (κ2) is 6.43. The van der Waals surface area contributed by atoms with E-state index in [0.717, 1.165) is 16.9 Å². The van der Waals surface area contributed by atoms with Crippen LogP contribution in [0.5, 0.6) is 0 Å². The van der Waals surface area contributed by atoms with Gasteiger partial charge in [0.15, 0.2) is 0 Å². The minimum Gasteiger partial charge on any atom is -0.381 e. The number of halogens is 2. The van der Waals surface area contributed by atoms with Crippen molar-refractivity contribution in [1.82, 2.24) is 9.88 Å².